The van der Waals surface area contributed by atoms with E-state index in [9.17, 15) is 0 Å². The molecule has 0 aliphatic carbocycles. The van der Waals surface area contributed by atoms with Gasteiger partial charge in [-0.1, -0.05) is 60.7 Å². The van der Waals surface area contributed by atoms with E-state index in [2.05, 4.69) is 84.3 Å². The first-order valence-corrected chi connectivity index (χ1v) is 9.05. The largest absolute Gasteiger partial charge is 0.361 e. The molecule has 2 aromatic carbocycles. The highest BCUT2D eigenvalue weighted by molar-refractivity contribution is 5.22. The second-order valence-corrected chi connectivity index (χ2v) is 7.03. The third-order valence-electron chi connectivity index (χ3n) is 5.33. The fraction of sp³-hybridized carbons (Fsp3) is 0.429. The summed E-state index contributed by atoms with van der Waals surface area (Å²) in [4.78, 5) is 4.83. The Morgan fingerprint density at radius 2 is 1.12 bits per heavy atom. The standard InChI is InChI=1S/C21H26N2O2/c1-16-20(18-9-5-3-6-10-18)22(14-24-16)13-23-15-25-17(2)21(23)19-11-7-4-8-12-19/h3-12,16-17,20-21H,13-15H2,1-2H3/t16-,17-,20+,21+/m1/s1. The molecular weight excluding hydrogens is 312 g/mol. The minimum Gasteiger partial charge on any atom is -0.361 e. The maximum atomic E-state index is 5.97. The molecule has 0 unspecified atom stereocenters. The molecule has 25 heavy (non-hydrogen) atoms. The van der Waals surface area contributed by atoms with Crippen LogP contribution in [0.5, 0.6) is 0 Å². The average molecular weight is 338 g/mol. The van der Waals surface area contributed by atoms with Crippen molar-refractivity contribution in [1.82, 2.24) is 9.80 Å². The molecule has 0 amide bonds. The number of ether oxygens (including phenoxy) is 2. The van der Waals surface area contributed by atoms with Gasteiger partial charge in [-0.3, -0.25) is 9.80 Å². The molecule has 2 aliphatic heterocycles. The van der Waals surface area contributed by atoms with Crippen LogP contribution in [0.25, 0.3) is 0 Å². The summed E-state index contributed by atoms with van der Waals surface area (Å²) >= 11 is 0. The van der Waals surface area contributed by atoms with E-state index in [1.165, 1.54) is 11.1 Å². The number of rotatable bonds is 4. The van der Waals surface area contributed by atoms with Crippen molar-refractivity contribution in [3.05, 3.63) is 71.8 Å². The van der Waals surface area contributed by atoms with Crippen LogP contribution in [0.1, 0.15) is 37.1 Å². The average Bonchev–Trinajstić information content (AvgIpc) is 3.19. The normalized spacial score (nSPS) is 30.8. The lowest BCUT2D eigenvalue weighted by molar-refractivity contribution is 0.0465. The second-order valence-electron chi connectivity index (χ2n) is 7.03. The Kier molecular flexibility index (Phi) is 4.86. The third-order valence-corrected chi connectivity index (χ3v) is 5.33. The van der Waals surface area contributed by atoms with Gasteiger partial charge in [0.1, 0.15) is 13.5 Å². The van der Waals surface area contributed by atoms with Gasteiger partial charge < -0.3 is 9.47 Å². The summed E-state index contributed by atoms with van der Waals surface area (Å²) in [6.45, 7) is 6.49. The Morgan fingerprint density at radius 1 is 0.720 bits per heavy atom. The van der Waals surface area contributed by atoms with Gasteiger partial charge in [0.15, 0.2) is 0 Å². The highest BCUT2D eigenvalue weighted by atomic mass is 16.5. The first-order valence-electron chi connectivity index (χ1n) is 9.05. The molecule has 132 valence electrons. The molecule has 0 spiro atoms. The lowest BCUT2D eigenvalue weighted by Gasteiger charge is -2.32. The van der Waals surface area contributed by atoms with Crippen molar-refractivity contribution in [2.75, 3.05) is 20.1 Å². The zero-order valence-electron chi connectivity index (χ0n) is 14.9. The van der Waals surface area contributed by atoms with Crippen LogP contribution in [0.3, 0.4) is 0 Å². The van der Waals surface area contributed by atoms with Crippen molar-refractivity contribution >= 4 is 0 Å². The van der Waals surface area contributed by atoms with Crippen LogP contribution < -0.4 is 0 Å². The zero-order chi connectivity index (χ0) is 17.2. The van der Waals surface area contributed by atoms with Gasteiger partial charge in [0, 0.05) is 0 Å². The molecule has 0 bridgehead atoms. The fourth-order valence-electron chi connectivity index (χ4n) is 4.12. The van der Waals surface area contributed by atoms with Gasteiger partial charge in [-0.15, -0.1) is 0 Å². The van der Waals surface area contributed by atoms with Crippen LogP contribution in [0.15, 0.2) is 60.7 Å². The Bertz CT molecular complexity index is 619. The fourth-order valence-corrected chi connectivity index (χ4v) is 4.12. The predicted octanol–water partition coefficient (Wildman–Crippen LogP) is 3.78. The lowest BCUT2D eigenvalue weighted by Crippen LogP contribution is -2.39. The Balaban J connectivity index is 1.54. The van der Waals surface area contributed by atoms with Crippen molar-refractivity contribution in [1.29, 1.82) is 0 Å². The van der Waals surface area contributed by atoms with Crippen LogP contribution >= 0.6 is 0 Å². The van der Waals surface area contributed by atoms with E-state index in [0.717, 1.165) is 6.67 Å². The number of nitrogens with zero attached hydrogens (tertiary/aromatic N) is 2. The first kappa shape index (κ1) is 16.7. The highest BCUT2D eigenvalue weighted by Crippen LogP contribution is 2.36. The SMILES string of the molecule is C[C@H]1OCN(CN2CO[C@H](C)[C@H]2c2ccccc2)[C@@H]1c1ccccc1. The van der Waals surface area contributed by atoms with Crippen molar-refractivity contribution in [3.8, 4) is 0 Å². The molecule has 2 heterocycles. The molecule has 2 fully saturated rings. The van der Waals surface area contributed by atoms with E-state index < -0.39 is 0 Å². The van der Waals surface area contributed by atoms with E-state index in [0.29, 0.717) is 13.5 Å². The topological polar surface area (TPSA) is 24.9 Å². The van der Waals surface area contributed by atoms with E-state index in [1.807, 2.05) is 0 Å². The Morgan fingerprint density at radius 3 is 1.52 bits per heavy atom. The number of benzene rings is 2. The molecule has 4 heteroatoms. The summed E-state index contributed by atoms with van der Waals surface area (Å²) < 4.78 is 11.9. The zero-order valence-corrected chi connectivity index (χ0v) is 14.9. The van der Waals surface area contributed by atoms with Crippen molar-refractivity contribution < 1.29 is 9.47 Å². The van der Waals surface area contributed by atoms with Crippen LogP contribution in [0.4, 0.5) is 0 Å². The summed E-state index contributed by atoms with van der Waals surface area (Å²) in [6, 6.07) is 21.9. The summed E-state index contributed by atoms with van der Waals surface area (Å²) in [5.41, 5.74) is 2.63. The van der Waals surface area contributed by atoms with Gasteiger partial charge in [-0.05, 0) is 25.0 Å². The minimum atomic E-state index is 0.193. The molecule has 0 radical (unpaired) electrons. The van der Waals surface area contributed by atoms with E-state index in [-0.39, 0.29) is 24.3 Å². The lowest BCUT2D eigenvalue weighted by atomic mass is 10.0. The first-order chi connectivity index (χ1) is 12.2. The van der Waals surface area contributed by atoms with Crippen LogP contribution in [0, 0.1) is 0 Å². The van der Waals surface area contributed by atoms with Gasteiger partial charge in [0.25, 0.3) is 0 Å². The van der Waals surface area contributed by atoms with E-state index in [4.69, 9.17) is 9.47 Å². The smallest absolute Gasteiger partial charge is 0.101 e. The molecule has 0 N–H and O–H groups in total. The van der Waals surface area contributed by atoms with Gasteiger partial charge in [-0.25, -0.2) is 0 Å². The molecule has 2 saturated heterocycles. The van der Waals surface area contributed by atoms with Gasteiger partial charge in [-0.2, -0.15) is 0 Å². The molecule has 0 saturated carbocycles. The molecule has 4 atom stereocenters. The predicted molar refractivity (Wildman–Crippen MR) is 97.7 cm³/mol. The monoisotopic (exact) mass is 338 g/mol. The van der Waals surface area contributed by atoms with Crippen molar-refractivity contribution in [3.63, 3.8) is 0 Å². The molecule has 4 rings (SSSR count). The number of hydrogen-bond donors (Lipinski definition) is 0. The van der Waals surface area contributed by atoms with Gasteiger partial charge in [0.05, 0.1) is 31.0 Å². The molecule has 2 aliphatic rings. The van der Waals surface area contributed by atoms with Crippen molar-refractivity contribution in [2.45, 2.75) is 38.1 Å². The maximum Gasteiger partial charge on any atom is 0.101 e. The quantitative estimate of drug-likeness (QED) is 0.847. The highest BCUT2D eigenvalue weighted by Gasteiger charge is 2.39. The van der Waals surface area contributed by atoms with Crippen LogP contribution in [-0.4, -0.2) is 42.1 Å². The Hall–Kier alpha value is -1.72. The maximum absolute atomic E-state index is 5.97. The molecule has 0 aromatic heterocycles. The molecule has 2 aromatic rings. The van der Waals surface area contributed by atoms with Gasteiger partial charge >= 0.3 is 0 Å². The van der Waals surface area contributed by atoms with Crippen molar-refractivity contribution in [2.24, 2.45) is 0 Å². The van der Waals surface area contributed by atoms with E-state index >= 15 is 0 Å². The summed E-state index contributed by atoms with van der Waals surface area (Å²) in [6.07, 6.45) is 0.386. The molecular formula is C21H26N2O2. The van der Waals surface area contributed by atoms with Crippen LogP contribution in [0.2, 0.25) is 0 Å². The number of hydrogen-bond acceptors (Lipinski definition) is 4. The van der Waals surface area contributed by atoms with E-state index in [1.54, 1.807) is 0 Å². The van der Waals surface area contributed by atoms with Crippen LogP contribution in [-0.2, 0) is 9.47 Å². The second kappa shape index (κ2) is 7.26. The molecule has 4 nitrogen and oxygen atoms in total. The third kappa shape index (κ3) is 3.35. The summed E-state index contributed by atoms with van der Waals surface area (Å²) in [7, 11) is 0. The summed E-state index contributed by atoms with van der Waals surface area (Å²) in [5, 5.41) is 0. The van der Waals surface area contributed by atoms with Gasteiger partial charge in [0.2, 0.25) is 0 Å². The summed E-state index contributed by atoms with van der Waals surface area (Å²) in [5.74, 6) is 0. The Labute approximate surface area is 150 Å². The minimum absolute atomic E-state index is 0.193.